The Morgan fingerprint density at radius 3 is 2.33 bits per heavy atom. The molecule has 0 aliphatic heterocycles. The Kier molecular flexibility index (Phi) is 3.11. The predicted octanol–water partition coefficient (Wildman–Crippen LogP) is 3.41. The van der Waals surface area contributed by atoms with Crippen molar-refractivity contribution in [3.8, 4) is 5.82 Å². The maximum absolute atomic E-state index is 12.4. The van der Waals surface area contributed by atoms with Gasteiger partial charge >= 0.3 is 6.18 Å². The molecule has 0 aliphatic rings. The van der Waals surface area contributed by atoms with E-state index in [1.54, 1.807) is 6.20 Å². The number of hydrogen-bond acceptors (Lipinski definition) is 2. The minimum Gasteiger partial charge on any atom is -0.237 e. The van der Waals surface area contributed by atoms with Crippen LogP contribution in [0.15, 0.2) is 30.6 Å². The van der Waals surface area contributed by atoms with Crippen LogP contribution in [0.25, 0.3) is 5.82 Å². The zero-order valence-electron chi connectivity index (χ0n) is 9.94. The molecule has 0 amide bonds. The highest BCUT2D eigenvalue weighted by Crippen LogP contribution is 2.28. The fourth-order valence-electron chi connectivity index (χ4n) is 1.46. The Hall–Kier alpha value is -1.85. The van der Waals surface area contributed by atoms with Gasteiger partial charge in [0.2, 0.25) is 0 Å². The fraction of sp³-hybridized carbons (Fsp3) is 0.333. The maximum atomic E-state index is 12.4. The lowest BCUT2D eigenvalue weighted by molar-refractivity contribution is -0.137. The van der Waals surface area contributed by atoms with Crippen LogP contribution in [-0.4, -0.2) is 14.8 Å². The maximum Gasteiger partial charge on any atom is 0.417 e. The number of pyridine rings is 1. The first-order valence-electron chi connectivity index (χ1n) is 5.47. The summed E-state index contributed by atoms with van der Waals surface area (Å²) < 4.78 is 38.6. The summed E-state index contributed by atoms with van der Waals surface area (Å²) in [5.74, 6) is 0.635. The molecule has 0 saturated carbocycles. The molecule has 0 aliphatic carbocycles. The van der Waals surface area contributed by atoms with Crippen LogP contribution in [-0.2, 0) is 6.18 Å². The predicted molar refractivity (Wildman–Crippen MR) is 60.5 cm³/mol. The van der Waals surface area contributed by atoms with Gasteiger partial charge in [0.1, 0.15) is 0 Å². The largest absolute Gasteiger partial charge is 0.417 e. The summed E-state index contributed by atoms with van der Waals surface area (Å²) in [5, 5.41) is 4.24. The van der Waals surface area contributed by atoms with E-state index in [1.807, 2.05) is 19.9 Å². The molecule has 0 N–H and O–H groups in total. The molecular weight excluding hydrogens is 243 g/mol. The Morgan fingerprint density at radius 1 is 1.17 bits per heavy atom. The molecule has 96 valence electrons. The molecule has 0 saturated heterocycles. The third-order valence-corrected chi connectivity index (χ3v) is 2.51. The Balaban J connectivity index is 2.29. The van der Waals surface area contributed by atoms with Crippen molar-refractivity contribution in [3.63, 3.8) is 0 Å². The molecule has 0 unspecified atom stereocenters. The topological polar surface area (TPSA) is 30.7 Å². The van der Waals surface area contributed by atoms with Crippen LogP contribution < -0.4 is 0 Å². The van der Waals surface area contributed by atoms with Gasteiger partial charge in [-0.2, -0.15) is 18.3 Å². The van der Waals surface area contributed by atoms with Gasteiger partial charge in [-0.1, -0.05) is 13.8 Å². The van der Waals surface area contributed by atoms with E-state index in [0.29, 0.717) is 5.82 Å². The summed E-state index contributed by atoms with van der Waals surface area (Å²) in [6.45, 7) is 3.99. The van der Waals surface area contributed by atoms with Gasteiger partial charge in [-0.25, -0.2) is 9.67 Å². The monoisotopic (exact) mass is 255 g/mol. The first-order chi connectivity index (χ1) is 8.38. The smallest absolute Gasteiger partial charge is 0.237 e. The Bertz CT molecular complexity index is 526. The number of aromatic nitrogens is 3. The molecule has 0 radical (unpaired) electrons. The normalized spacial score (nSPS) is 12.1. The number of halogens is 3. The lowest BCUT2D eigenvalue weighted by Crippen LogP contribution is -2.07. The summed E-state index contributed by atoms with van der Waals surface area (Å²) in [4.78, 5) is 3.77. The van der Waals surface area contributed by atoms with Crippen LogP contribution in [0, 0.1) is 0 Å². The zero-order chi connectivity index (χ0) is 13.3. The summed E-state index contributed by atoms with van der Waals surface area (Å²) in [5.41, 5.74) is 0.110. The fourth-order valence-corrected chi connectivity index (χ4v) is 1.46. The van der Waals surface area contributed by atoms with Gasteiger partial charge in [-0.15, -0.1) is 0 Å². The molecule has 6 heteroatoms. The Morgan fingerprint density at radius 2 is 1.89 bits per heavy atom. The number of rotatable bonds is 2. The van der Waals surface area contributed by atoms with Gasteiger partial charge in [-0.3, -0.25) is 0 Å². The van der Waals surface area contributed by atoms with Crippen LogP contribution in [0.5, 0.6) is 0 Å². The third-order valence-electron chi connectivity index (χ3n) is 2.51. The van der Waals surface area contributed by atoms with E-state index in [0.717, 1.165) is 18.0 Å². The minimum absolute atomic E-state index is 0.265. The highest BCUT2D eigenvalue weighted by molar-refractivity contribution is 5.26. The molecule has 2 aromatic rings. The molecule has 2 rings (SSSR count). The van der Waals surface area contributed by atoms with Crippen molar-refractivity contribution in [1.29, 1.82) is 0 Å². The summed E-state index contributed by atoms with van der Waals surface area (Å²) in [6, 6.07) is 4.13. The quantitative estimate of drug-likeness (QED) is 0.823. The SMILES string of the molecule is CC(C)c1ccn(-c2ccc(C(F)(F)F)cn2)n1. The lowest BCUT2D eigenvalue weighted by atomic mass is 10.1. The summed E-state index contributed by atoms with van der Waals surface area (Å²) >= 11 is 0. The van der Waals surface area contributed by atoms with Gasteiger partial charge in [0.05, 0.1) is 11.3 Å². The molecule has 0 fully saturated rings. The van der Waals surface area contributed by atoms with Gasteiger partial charge in [0, 0.05) is 12.4 Å². The molecule has 0 aromatic carbocycles. The van der Waals surface area contributed by atoms with Gasteiger partial charge in [0.25, 0.3) is 0 Å². The van der Waals surface area contributed by atoms with Crippen molar-refractivity contribution in [3.05, 3.63) is 41.9 Å². The standard InChI is InChI=1S/C12H12F3N3/c1-8(2)10-5-6-18(17-10)11-4-3-9(7-16-11)12(13,14)15/h3-8H,1-2H3. The second kappa shape index (κ2) is 4.44. The van der Waals surface area contributed by atoms with Gasteiger partial charge in [-0.05, 0) is 24.1 Å². The van der Waals surface area contributed by atoms with Crippen LogP contribution in [0.2, 0.25) is 0 Å². The molecule has 0 bridgehead atoms. The van der Waals surface area contributed by atoms with E-state index < -0.39 is 11.7 Å². The number of alkyl halides is 3. The van der Waals surface area contributed by atoms with Crippen molar-refractivity contribution < 1.29 is 13.2 Å². The molecule has 0 atom stereocenters. The molecule has 2 heterocycles. The van der Waals surface area contributed by atoms with Gasteiger partial charge in [0.15, 0.2) is 5.82 Å². The van der Waals surface area contributed by atoms with Crippen molar-refractivity contribution in [2.24, 2.45) is 0 Å². The number of hydrogen-bond donors (Lipinski definition) is 0. The summed E-state index contributed by atoms with van der Waals surface area (Å²) in [6.07, 6.45) is -1.87. The molecule has 3 nitrogen and oxygen atoms in total. The second-order valence-corrected chi connectivity index (χ2v) is 4.24. The van der Waals surface area contributed by atoms with Crippen molar-refractivity contribution in [2.45, 2.75) is 25.9 Å². The highest BCUT2D eigenvalue weighted by atomic mass is 19.4. The first-order valence-corrected chi connectivity index (χ1v) is 5.47. The van der Waals surface area contributed by atoms with Crippen molar-refractivity contribution in [1.82, 2.24) is 14.8 Å². The van der Waals surface area contributed by atoms with E-state index in [-0.39, 0.29) is 5.92 Å². The van der Waals surface area contributed by atoms with E-state index in [2.05, 4.69) is 10.1 Å². The molecule has 0 spiro atoms. The summed E-state index contributed by atoms with van der Waals surface area (Å²) in [7, 11) is 0. The van der Waals surface area contributed by atoms with Crippen LogP contribution in [0.3, 0.4) is 0 Å². The highest BCUT2D eigenvalue weighted by Gasteiger charge is 2.30. The number of nitrogens with zero attached hydrogens (tertiary/aromatic N) is 3. The van der Waals surface area contributed by atoms with E-state index in [1.165, 1.54) is 10.7 Å². The molecule has 2 aromatic heterocycles. The van der Waals surface area contributed by atoms with Gasteiger partial charge < -0.3 is 0 Å². The van der Waals surface area contributed by atoms with Crippen LogP contribution in [0.4, 0.5) is 13.2 Å². The van der Waals surface area contributed by atoms with E-state index >= 15 is 0 Å². The average molecular weight is 255 g/mol. The first kappa shape index (κ1) is 12.6. The molecule has 18 heavy (non-hydrogen) atoms. The Labute approximate surface area is 102 Å². The van der Waals surface area contributed by atoms with Crippen molar-refractivity contribution >= 4 is 0 Å². The van der Waals surface area contributed by atoms with Crippen LogP contribution in [0.1, 0.15) is 31.0 Å². The van der Waals surface area contributed by atoms with E-state index in [4.69, 9.17) is 0 Å². The van der Waals surface area contributed by atoms with E-state index in [9.17, 15) is 13.2 Å². The van der Waals surface area contributed by atoms with Crippen LogP contribution >= 0.6 is 0 Å². The third kappa shape index (κ3) is 2.52. The second-order valence-electron chi connectivity index (χ2n) is 4.24. The van der Waals surface area contributed by atoms with Crippen molar-refractivity contribution in [2.75, 3.05) is 0 Å². The minimum atomic E-state index is -4.36. The average Bonchev–Trinajstić information content (AvgIpc) is 2.77. The zero-order valence-corrected chi connectivity index (χ0v) is 9.94. The molecular formula is C12H12F3N3. The lowest BCUT2D eigenvalue weighted by Gasteiger charge is -2.06.